The number of anilines is 1. The maximum Gasteiger partial charge on any atom is 0.308 e. The van der Waals surface area contributed by atoms with E-state index < -0.39 is 16.0 Å². The van der Waals surface area contributed by atoms with E-state index in [0.717, 1.165) is 17.0 Å². The van der Waals surface area contributed by atoms with Gasteiger partial charge in [0, 0.05) is 36.7 Å². The van der Waals surface area contributed by atoms with Crippen molar-refractivity contribution in [3.63, 3.8) is 0 Å². The summed E-state index contributed by atoms with van der Waals surface area (Å²) >= 11 is 1.04. The van der Waals surface area contributed by atoms with Gasteiger partial charge in [0.25, 0.3) is 10.0 Å². The highest BCUT2D eigenvalue weighted by Crippen LogP contribution is 2.27. The number of rotatable bonds is 5. The van der Waals surface area contributed by atoms with E-state index in [4.69, 9.17) is 5.11 Å². The van der Waals surface area contributed by atoms with Crippen LogP contribution in [-0.2, 0) is 21.2 Å². The van der Waals surface area contributed by atoms with Crippen LogP contribution in [0.1, 0.15) is 10.4 Å². The van der Waals surface area contributed by atoms with Crippen molar-refractivity contribution in [1.82, 2.24) is 4.31 Å². The Labute approximate surface area is 151 Å². The molecule has 1 saturated heterocycles. The summed E-state index contributed by atoms with van der Waals surface area (Å²) in [7, 11) is -3.56. The monoisotopic (exact) mass is 380 g/mol. The van der Waals surface area contributed by atoms with Gasteiger partial charge in [0.2, 0.25) is 0 Å². The van der Waals surface area contributed by atoms with Gasteiger partial charge in [-0.1, -0.05) is 12.1 Å². The quantitative estimate of drug-likeness (QED) is 0.860. The van der Waals surface area contributed by atoms with Crippen molar-refractivity contribution < 1.29 is 18.3 Å². The van der Waals surface area contributed by atoms with Gasteiger partial charge in [-0.2, -0.15) is 4.31 Å². The molecule has 0 spiro atoms. The Kier molecular flexibility index (Phi) is 5.12. The molecule has 0 aliphatic carbocycles. The molecular weight excluding hydrogens is 360 g/mol. The third kappa shape index (κ3) is 4.02. The van der Waals surface area contributed by atoms with Crippen LogP contribution in [0.3, 0.4) is 0 Å². The van der Waals surface area contributed by atoms with Crippen LogP contribution in [0.2, 0.25) is 0 Å². The van der Waals surface area contributed by atoms with E-state index >= 15 is 0 Å². The summed E-state index contributed by atoms with van der Waals surface area (Å²) in [6, 6.07) is 11.3. The fourth-order valence-electron chi connectivity index (χ4n) is 2.88. The summed E-state index contributed by atoms with van der Waals surface area (Å²) < 4.78 is 27.2. The molecule has 1 aromatic carbocycles. The number of piperazine rings is 1. The highest BCUT2D eigenvalue weighted by molar-refractivity contribution is 7.91. The molecule has 134 valence electrons. The third-order valence-corrected chi connectivity index (χ3v) is 7.61. The molecule has 0 radical (unpaired) electrons. The lowest BCUT2D eigenvalue weighted by Crippen LogP contribution is -2.48. The van der Waals surface area contributed by atoms with Crippen LogP contribution in [0.15, 0.2) is 40.6 Å². The number of hydrogen-bond donors (Lipinski definition) is 1. The summed E-state index contributed by atoms with van der Waals surface area (Å²) in [5.41, 5.74) is 2.29. The summed E-state index contributed by atoms with van der Waals surface area (Å²) in [4.78, 5) is 13.5. The predicted molar refractivity (Wildman–Crippen MR) is 97.8 cm³/mol. The normalized spacial score (nSPS) is 16.1. The summed E-state index contributed by atoms with van der Waals surface area (Å²) in [5, 5.41) is 8.83. The minimum absolute atomic E-state index is 0.151. The van der Waals surface area contributed by atoms with Crippen molar-refractivity contribution in [2.24, 2.45) is 0 Å². The van der Waals surface area contributed by atoms with Gasteiger partial charge in [-0.25, -0.2) is 8.42 Å². The molecule has 1 N–H and O–H groups in total. The van der Waals surface area contributed by atoms with Gasteiger partial charge in [-0.05, 0) is 36.8 Å². The van der Waals surface area contributed by atoms with Gasteiger partial charge in [0.15, 0.2) is 0 Å². The van der Waals surface area contributed by atoms with Crippen LogP contribution < -0.4 is 4.90 Å². The molecule has 1 aromatic heterocycles. The van der Waals surface area contributed by atoms with E-state index in [1.807, 2.05) is 25.1 Å². The Morgan fingerprint density at radius 3 is 2.52 bits per heavy atom. The average Bonchev–Trinajstić information content (AvgIpc) is 3.03. The first-order valence-corrected chi connectivity index (χ1v) is 10.2. The molecule has 1 fully saturated rings. The highest BCUT2D eigenvalue weighted by Gasteiger charge is 2.30. The van der Waals surface area contributed by atoms with Crippen molar-refractivity contribution in [3.05, 3.63) is 46.8 Å². The van der Waals surface area contributed by atoms with Crippen molar-refractivity contribution in [1.29, 1.82) is 0 Å². The lowest BCUT2D eigenvalue weighted by Gasteiger charge is -2.35. The number of nitrogens with zero attached hydrogens (tertiary/aromatic N) is 2. The fourth-order valence-corrected chi connectivity index (χ4v) is 5.80. The lowest BCUT2D eigenvalue weighted by atomic mass is 10.2. The average molecular weight is 380 g/mol. The second-order valence-electron chi connectivity index (χ2n) is 6.02. The van der Waals surface area contributed by atoms with Gasteiger partial charge in [0.1, 0.15) is 4.21 Å². The van der Waals surface area contributed by atoms with Crippen LogP contribution in [0.4, 0.5) is 5.69 Å². The first kappa shape index (κ1) is 17.9. The topological polar surface area (TPSA) is 77.9 Å². The van der Waals surface area contributed by atoms with E-state index in [1.54, 1.807) is 6.07 Å². The van der Waals surface area contributed by atoms with Crippen molar-refractivity contribution in [2.45, 2.75) is 17.6 Å². The number of sulfonamides is 1. The van der Waals surface area contributed by atoms with E-state index in [1.165, 1.54) is 15.9 Å². The Morgan fingerprint density at radius 1 is 1.16 bits per heavy atom. The lowest BCUT2D eigenvalue weighted by molar-refractivity contribution is -0.136. The molecule has 2 aromatic rings. The van der Waals surface area contributed by atoms with Crippen molar-refractivity contribution in [3.8, 4) is 0 Å². The molecule has 1 aliphatic heterocycles. The van der Waals surface area contributed by atoms with Crippen LogP contribution >= 0.6 is 11.3 Å². The number of carboxylic acid groups (broad SMARTS) is 1. The summed E-state index contributed by atoms with van der Waals surface area (Å²) in [6.45, 7) is 4.15. The Morgan fingerprint density at radius 2 is 1.88 bits per heavy atom. The second-order valence-corrected chi connectivity index (χ2v) is 9.35. The van der Waals surface area contributed by atoms with Gasteiger partial charge in [-0.3, -0.25) is 4.79 Å². The first-order valence-electron chi connectivity index (χ1n) is 7.98. The van der Waals surface area contributed by atoms with E-state index in [9.17, 15) is 13.2 Å². The number of carboxylic acids is 1. The van der Waals surface area contributed by atoms with E-state index in [0.29, 0.717) is 31.1 Å². The highest BCUT2D eigenvalue weighted by atomic mass is 32.2. The Balaban J connectivity index is 1.69. The maximum atomic E-state index is 12.8. The van der Waals surface area contributed by atoms with E-state index in [-0.39, 0.29) is 10.6 Å². The van der Waals surface area contributed by atoms with Crippen molar-refractivity contribution >= 4 is 33.0 Å². The number of aryl methyl sites for hydroxylation is 1. The molecule has 0 bridgehead atoms. The zero-order valence-electron chi connectivity index (χ0n) is 13.9. The maximum absolute atomic E-state index is 12.8. The molecule has 2 heterocycles. The number of benzene rings is 1. The molecule has 25 heavy (non-hydrogen) atoms. The van der Waals surface area contributed by atoms with Crippen molar-refractivity contribution in [2.75, 3.05) is 31.1 Å². The number of thiophene rings is 1. The standard InChI is InChI=1S/C17H20N2O4S2/c1-13-3-2-4-14(11-13)18-7-9-19(10-8-18)25(22,23)17-6-5-15(24-17)12-16(20)21/h2-6,11H,7-10,12H2,1H3,(H,20,21). The van der Waals surface area contributed by atoms with Gasteiger partial charge in [-0.15, -0.1) is 11.3 Å². The van der Waals surface area contributed by atoms with Crippen LogP contribution in [0.5, 0.6) is 0 Å². The van der Waals surface area contributed by atoms with E-state index in [2.05, 4.69) is 11.0 Å². The molecule has 1 aliphatic rings. The second kappa shape index (κ2) is 7.15. The first-order chi connectivity index (χ1) is 11.9. The third-order valence-electron chi connectivity index (χ3n) is 4.16. The Bertz CT molecular complexity index is 868. The summed E-state index contributed by atoms with van der Waals surface area (Å²) in [5.74, 6) is -0.961. The molecule has 8 heteroatoms. The minimum Gasteiger partial charge on any atom is -0.481 e. The van der Waals surface area contributed by atoms with Gasteiger partial charge < -0.3 is 10.0 Å². The van der Waals surface area contributed by atoms with Crippen LogP contribution in [0, 0.1) is 6.92 Å². The number of carbonyl (C=O) groups is 1. The van der Waals surface area contributed by atoms with Gasteiger partial charge >= 0.3 is 5.97 Å². The molecule has 0 atom stereocenters. The molecule has 0 unspecified atom stereocenters. The Hall–Kier alpha value is -1.90. The zero-order valence-corrected chi connectivity index (χ0v) is 15.5. The number of hydrogen-bond acceptors (Lipinski definition) is 5. The largest absolute Gasteiger partial charge is 0.481 e. The zero-order chi connectivity index (χ0) is 18.0. The molecular formula is C17H20N2O4S2. The predicted octanol–water partition coefficient (Wildman–Crippen LogP) is 2.19. The van der Waals surface area contributed by atoms with Crippen LogP contribution in [-0.4, -0.2) is 50.0 Å². The summed E-state index contributed by atoms with van der Waals surface area (Å²) in [6.07, 6.45) is -0.151. The molecule has 6 nitrogen and oxygen atoms in total. The van der Waals surface area contributed by atoms with Crippen LogP contribution in [0.25, 0.3) is 0 Å². The smallest absolute Gasteiger partial charge is 0.308 e. The minimum atomic E-state index is -3.56. The molecule has 0 amide bonds. The fraction of sp³-hybridized carbons (Fsp3) is 0.353. The molecule has 0 saturated carbocycles. The SMILES string of the molecule is Cc1cccc(N2CCN(S(=O)(=O)c3ccc(CC(=O)O)s3)CC2)c1. The molecule has 3 rings (SSSR count). The number of aliphatic carboxylic acids is 1. The van der Waals surface area contributed by atoms with Gasteiger partial charge in [0.05, 0.1) is 6.42 Å².